The number of unbranched alkanes of at least 4 members (excludes halogenated alkanes) is 2. The number of aliphatic hydroxyl groups excluding tert-OH is 2. The van der Waals surface area contributed by atoms with Crippen LogP contribution in [0.1, 0.15) is 81.8 Å². The number of thioether (sulfide) groups is 1. The van der Waals surface area contributed by atoms with Gasteiger partial charge in [-0.3, -0.25) is 4.79 Å². The summed E-state index contributed by atoms with van der Waals surface area (Å²) in [5, 5.41) is 27.0. The minimum absolute atomic E-state index is 0.0690. The van der Waals surface area contributed by atoms with Crippen molar-refractivity contribution < 1.29 is 34.1 Å². The van der Waals surface area contributed by atoms with E-state index < -0.39 is 11.8 Å². The molecular formula is C51H60N2O7S. The molecule has 4 aliphatic rings. The first-order valence-corrected chi connectivity index (χ1v) is 23.4. The number of allylic oxidation sites excluding steroid dienone is 1. The second kappa shape index (κ2) is 19.6. The Kier molecular flexibility index (Phi) is 13.8. The summed E-state index contributed by atoms with van der Waals surface area (Å²) >= 11 is 1.69. The Bertz CT molecular complexity index is 2210. The van der Waals surface area contributed by atoms with E-state index in [9.17, 15) is 15.0 Å². The fourth-order valence-electron chi connectivity index (χ4n) is 10.2. The van der Waals surface area contributed by atoms with Gasteiger partial charge in [0.05, 0.1) is 18.2 Å². The highest BCUT2D eigenvalue weighted by Gasteiger charge is 2.66. The number of amides is 1. The monoisotopic (exact) mass is 844 g/mol. The summed E-state index contributed by atoms with van der Waals surface area (Å²) in [7, 11) is 0. The number of rotatable bonds is 20. The van der Waals surface area contributed by atoms with Gasteiger partial charge in [0.2, 0.25) is 11.7 Å². The number of hydrogen-bond acceptors (Lipinski definition) is 9. The van der Waals surface area contributed by atoms with E-state index in [2.05, 4.69) is 73.5 Å². The van der Waals surface area contributed by atoms with Gasteiger partial charge in [0.15, 0.2) is 0 Å². The van der Waals surface area contributed by atoms with E-state index in [-0.39, 0.29) is 55.3 Å². The summed E-state index contributed by atoms with van der Waals surface area (Å²) in [6.45, 7) is 7.28. The van der Waals surface area contributed by atoms with Crippen molar-refractivity contribution in [3.63, 3.8) is 0 Å². The second-order valence-electron chi connectivity index (χ2n) is 16.8. The smallest absolute Gasteiger partial charge is 0.239 e. The Hall–Kier alpha value is -4.61. The number of aliphatic hydroxyl groups is 2. The van der Waals surface area contributed by atoms with E-state index >= 15 is 0 Å². The molecule has 0 aromatic heterocycles. The van der Waals surface area contributed by atoms with Crippen molar-refractivity contribution in [2.45, 2.75) is 93.9 Å². The van der Waals surface area contributed by atoms with Gasteiger partial charge in [0.1, 0.15) is 29.9 Å². The number of carbonyl (C=O) groups is 1. The van der Waals surface area contributed by atoms with Gasteiger partial charge in [-0.05, 0) is 128 Å². The molecular weight excluding hydrogens is 785 g/mol. The average molecular weight is 845 g/mol. The Morgan fingerprint density at radius 2 is 1.72 bits per heavy atom. The molecule has 0 bridgehead atoms. The molecule has 3 aliphatic carbocycles. The molecule has 0 unspecified atom stereocenters. The van der Waals surface area contributed by atoms with E-state index in [0.717, 1.165) is 82.4 Å². The third-order valence-electron chi connectivity index (χ3n) is 13.1. The van der Waals surface area contributed by atoms with Crippen LogP contribution in [0.2, 0.25) is 0 Å². The second-order valence-corrected chi connectivity index (χ2v) is 17.7. The molecule has 4 aromatic carbocycles. The number of benzene rings is 4. The van der Waals surface area contributed by atoms with E-state index in [4.69, 9.17) is 24.2 Å². The topological polar surface area (TPSA) is 110 Å². The van der Waals surface area contributed by atoms with Crippen LogP contribution in [-0.4, -0.2) is 71.2 Å². The van der Waals surface area contributed by atoms with Crippen molar-refractivity contribution in [1.29, 1.82) is 0 Å². The lowest BCUT2D eigenvalue weighted by molar-refractivity contribution is -0.258. The molecule has 1 aliphatic heterocycles. The Labute approximate surface area is 364 Å². The molecule has 2 N–H and O–H groups in total. The predicted octanol–water partition coefficient (Wildman–Crippen LogP) is 10.4. The van der Waals surface area contributed by atoms with Gasteiger partial charge in [-0.15, -0.1) is 18.3 Å². The zero-order valence-electron chi connectivity index (χ0n) is 35.5. The molecule has 10 heteroatoms. The summed E-state index contributed by atoms with van der Waals surface area (Å²) in [6.07, 6.45) is 13.1. The summed E-state index contributed by atoms with van der Waals surface area (Å²) < 4.78 is 21.3. The number of oxime groups is 1. The molecule has 9 nitrogen and oxygen atoms in total. The zero-order chi connectivity index (χ0) is 42.3. The molecule has 61 heavy (non-hydrogen) atoms. The number of fused-ring (bicyclic) bond motifs is 3. The fourth-order valence-corrected chi connectivity index (χ4v) is 10.6. The molecule has 4 aromatic rings. The number of nitrogens with zero attached hydrogens (tertiary/aromatic N) is 2. The Balaban J connectivity index is 1.33. The lowest BCUT2D eigenvalue weighted by Gasteiger charge is -2.60. The van der Waals surface area contributed by atoms with Crippen LogP contribution < -0.4 is 9.47 Å². The third kappa shape index (κ3) is 9.01. The first-order chi connectivity index (χ1) is 29.9. The van der Waals surface area contributed by atoms with Crippen molar-refractivity contribution in [2.24, 2.45) is 28.8 Å². The zero-order valence-corrected chi connectivity index (χ0v) is 36.4. The average Bonchev–Trinajstić information content (AvgIpc) is 4.14. The van der Waals surface area contributed by atoms with E-state index in [0.29, 0.717) is 43.9 Å². The molecule has 2 fully saturated rings. The van der Waals surface area contributed by atoms with Crippen LogP contribution in [-0.2, 0) is 20.9 Å². The molecule has 8 rings (SSSR count). The molecule has 6 atom stereocenters. The first-order valence-electron chi connectivity index (χ1n) is 22.2. The highest BCUT2D eigenvalue weighted by molar-refractivity contribution is 7.98. The van der Waals surface area contributed by atoms with Gasteiger partial charge in [-0.2, -0.15) is 0 Å². The number of hydrogen-bond donors (Lipinski definition) is 2. The summed E-state index contributed by atoms with van der Waals surface area (Å²) in [5.41, 5.74) is 3.92. The van der Waals surface area contributed by atoms with Gasteiger partial charge >= 0.3 is 0 Å². The summed E-state index contributed by atoms with van der Waals surface area (Å²) in [6, 6.07) is 28.3. The van der Waals surface area contributed by atoms with Crippen LogP contribution in [0.15, 0.2) is 119 Å². The minimum atomic E-state index is -1.32. The number of carbonyl (C=O) groups excluding carboxylic acids is 1. The van der Waals surface area contributed by atoms with Crippen LogP contribution in [0.4, 0.5) is 0 Å². The van der Waals surface area contributed by atoms with Gasteiger partial charge in [0, 0.05) is 48.5 Å². The Morgan fingerprint density at radius 1 is 0.967 bits per heavy atom. The summed E-state index contributed by atoms with van der Waals surface area (Å²) in [4.78, 5) is 24.2. The maximum Gasteiger partial charge on any atom is 0.239 e. The van der Waals surface area contributed by atoms with Crippen molar-refractivity contribution in [3.8, 4) is 17.2 Å². The van der Waals surface area contributed by atoms with Crippen LogP contribution in [0, 0.1) is 23.7 Å². The quantitative estimate of drug-likeness (QED) is 0.0392. The van der Waals surface area contributed by atoms with Gasteiger partial charge < -0.3 is 34.2 Å². The van der Waals surface area contributed by atoms with Crippen LogP contribution >= 0.6 is 11.8 Å². The normalized spacial score (nSPS) is 24.6. The first kappa shape index (κ1) is 43.1. The van der Waals surface area contributed by atoms with Crippen molar-refractivity contribution in [1.82, 2.24) is 4.90 Å². The highest BCUT2D eigenvalue weighted by atomic mass is 32.2. The lowest BCUT2D eigenvalue weighted by atomic mass is 9.55. The Morgan fingerprint density at radius 3 is 2.46 bits per heavy atom. The van der Waals surface area contributed by atoms with E-state index in [1.807, 2.05) is 42.2 Å². The maximum absolute atomic E-state index is 15.0. The van der Waals surface area contributed by atoms with Gasteiger partial charge in [-0.1, -0.05) is 72.6 Å². The molecule has 322 valence electrons. The molecule has 0 spiro atoms. The third-order valence-corrected chi connectivity index (χ3v) is 13.8. The largest absolute Gasteiger partial charge is 0.459 e. The van der Waals surface area contributed by atoms with Crippen LogP contribution in [0.5, 0.6) is 17.2 Å². The molecule has 2 saturated carbocycles. The minimum Gasteiger partial charge on any atom is -0.459 e. The summed E-state index contributed by atoms with van der Waals surface area (Å²) in [5.74, 6) is 0.592. The SMILES string of the molecule is C=CCO[C@@]12Oc3ccc(Oc4ccc(SC)cc4)cc3[C@H]3[C@H](CCCCO)[C@@H](CCCCO)C=C(C(=NOCC)C[C@@H]1N(Cc1cccc4ccccc14)C(=O)C1CC1)[C@H]32. The molecule has 1 amide bonds. The van der Waals surface area contributed by atoms with Crippen LogP contribution in [0.25, 0.3) is 10.8 Å². The lowest BCUT2D eigenvalue weighted by Crippen LogP contribution is -2.70. The van der Waals surface area contributed by atoms with Gasteiger partial charge in [0.25, 0.3) is 0 Å². The molecule has 0 saturated heterocycles. The molecule has 1 heterocycles. The van der Waals surface area contributed by atoms with Crippen molar-refractivity contribution in [2.75, 3.05) is 32.7 Å². The standard InChI is InChI=1S/C51H60N2O7S/c1-4-29-57-51-47(53(50(56)35-19-20-35)33-37-16-12-15-34-13-6-7-17-41(34)37)32-45(52-58-5-2)43-30-36(14-8-10-27-54)42(18-9-11-28-55)48(49(43)51)44-31-39(23-26-46(44)60-51)59-38-21-24-40(61-3)25-22-38/h4,6-7,12-13,15-17,21-26,30-31,35-36,42,47-49,54-55H,1,5,8-11,14,18-20,27-29,32-33H2,2-3H3/t36-,42+,47-,48+,49+,51+/m0/s1. The van der Waals surface area contributed by atoms with Crippen molar-refractivity contribution >= 4 is 34.2 Å². The van der Waals surface area contributed by atoms with E-state index in [1.165, 1.54) is 0 Å². The highest BCUT2D eigenvalue weighted by Crippen LogP contribution is 2.62. The van der Waals surface area contributed by atoms with Crippen LogP contribution in [0.3, 0.4) is 0 Å². The van der Waals surface area contributed by atoms with Crippen molar-refractivity contribution in [3.05, 3.63) is 120 Å². The van der Waals surface area contributed by atoms with E-state index in [1.54, 1.807) is 17.8 Å². The predicted molar refractivity (Wildman–Crippen MR) is 242 cm³/mol. The fraction of sp³-hybridized carbons (Fsp3) is 0.451. The maximum atomic E-state index is 15.0. The molecule has 0 radical (unpaired) electrons. The van der Waals surface area contributed by atoms with Gasteiger partial charge in [-0.25, -0.2) is 0 Å². The number of ether oxygens (including phenoxy) is 3.